The highest BCUT2D eigenvalue weighted by molar-refractivity contribution is 6.30. The van der Waals surface area contributed by atoms with Gasteiger partial charge in [0.15, 0.2) is 30.4 Å². The van der Waals surface area contributed by atoms with Crippen molar-refractivity contribution in [1.29, 1.82) is 0 Å². The molecule has 350 valence electrons. The molecule has 16 heteroatoms. The molecular weight excluding hydrogens is 843 g/mol. The van der Waals surface area contributed by atoms with Gasteiger partial charge in [0.2, 0.25) is 5.78 Å². The number of ether oxygens (including phenoxy) is 7. The van der Waals surface area contributed by atoms with Crippen molar-refractivity contribution in [2.24, 2.45) is 0 Å². The van der Waals surface area contributed by atoms with E-state index in [0.29, 0.717) is 23.9 Å². The lowest BCUT2D eigenvalue weighted by atomic mass is 9.67. The molecule has 13 atom stereocenters. The molecule has 2 aliphatic carbocycles. The highest BCUT2D eigenvalue weighted by atomic mass is 16.7. The molecule has 0 aromatic heterocycles. The first-order valence-corrected chi connectivity index (χ1v) is 22.5. The molecule has 65 heavy (non-hydrogen) atoms. The number of aliphatic hydroxyl groups excluding tert-OH is 1. The quantitative estimate of drug-likeness (QED) is 0.117. The fourth-order valence-corrected chi connectivity index (χ4v) is 10.6. The number of likely N-dealkylation sites (N-methyl/N-ethyl adjacent to an activating group) is 1. The lowest BCUT2D eigenvalue weighted by molar-refractivity contribution is -0.934. The molecule has 0 unspecified atom stereocenters. The Balaban J connectivity index is 1.11. The Labute approximate surface area is 377 Å². The van der Waals surface area contributed by atoms with Crippen LogP contribution >= 0.6 is 0 Å². The van der Waals surface area contributed by atoms with Gasteiger partial charge in [-0.2, -0.15) is 0 Å². The van der Waals surface area contributed by atoms with E-state index in [-0.39, 0.29) is 70.9 Å². The summed E-state index contributed by atoms with van der Waals surface area (Å²) in [4.78, 5) is 53.7. The van der Waals surface area contributed by atoms with Gasteiger partial charge in [-0.3, -0.25) is 19.2 Å². The smallest absolute Gasteiger partial charge is 0.316 e. The Hall–Kier alpha value is -4.62. The number of methoxy groups -OCH3 is 1. The zero-order valence-corrected chi connectivity index (χ0v) is 37.8. The summed E-state index contributed by atoms with van der Waals surface area (Å²) in [5.41, 5.74) is -1.47. The number of nitrogens with zero attached hydrogens (tertiary/aromatic N) is 1. The van der Waals surface area contributed by atoms with Crippen LogP contribution in [0.15, 0.2) is 54.6 Å². The number of ketones is 3. The number of hydrogen-bond donors (Lipinski definition) is 4. The molecule has 3 aromatic rings. The van der Waals surface area contributed by atoms with Gasteiger partial charge in [0, 0.05) is 47.9 Å². The number of esters is 1. The van der Waals surface area contributed by atoms with Crippen molar-refractivity contribution in [2.75, 3.05) is 21.2 Å². The molecule has 4 N–H and O–H groups in total. The summed E-state index contributed by atoms with van der Waals surface area (Å²) in [5.74, 6) is -4.63. The predicted octanol–water partition coefficient (Wildman–Crippen LogP) is 4.87. The van der Waals surface area contributed by atoms with Crippen LogP contribution in [0.2, 0.25) is 0 Å². The number of Topliss-reactive ketones (excluding diaryl/α,β-unsaturated/α-hetero) is 1. The Morgan fingerprint density at radius 2 is 1.51 bits per heavy atom. The van der Waals surface area contributed by atoms with Crippen LogP contribution < -0.4 is 0 Å². The van der Waals surface area contributed by atoms with Crippen molar-refractivity contribution in [3.8, 4) is 11.5 Å². The molecule has 3 saturated heterocycles. The van der Waals surface area contributed by atoms with Gasteiger partial charge < -0.3 is 58.1 Å². The summed E-state index contributed by atoms with van der Waals surface area (Å²) in [6.07, 6.45) is -7.00. The summed E-state index contributed by atoms with van der Waals surface area (Å²) in [6.45, 7) is 7.60. The molecule has 0 spiro atoms. The van der Waals surface area contributed by atoms with Crippen LogP contribution in [0.25, 0.3) is 0 Å². The predicted molar refractivity (Wildman–Crippen MR) is 230 cm³/mol. The summed E-state index contributed by atoms with van der Waals surface area (Å²) < 4.78 is 44.1. The highest BCUT2D eigenvalue weighted by Gasteiger charge is 2.55. The largest absolute Gasteiger partial charge is 0.507 e. The lowest BCUT2D eigenvalue weighted by Crippen LogP contribution is -2.63. The Bertz CT molecular complexity index is 2310. The average molecular weight is 903 g/mol. The van der Waals surface area contributed by atoms with Crippen molar-refractivity contribution < 1.29 is 77.2 Å². The molecular formula is C49H60NO15+. The van der Waals surface area contributed by atoms with Gasteiger partial charge in [-0.05, 0) is 44.9 Å². The maximum Gasteiger partial charge on any atom is 0.316 e. The second kappa shape index (κ2) is 18.2. The molecule has 0 saturated carbocycles. The van der Waals surface area contributed by atoms with E-state index in [2.05, 4.69) is 14.1 Å². The minimum Gasteiger partial charge on any atom is -0.507 e. The van der Waals surface area contributed by atoms with Crippen molar-refractivity contribution in [1.82, 2.24) is 0 Å². The monoisotopic (exact) mass is 902 g/mol. The number of benzene rings is 3. The van der Waals surface area contributed by atoms with Gasteiger partial charge in [-0.25, -0.2) is 0 Å². The molecule has 3 heterocycles. The van der Waals surface area contributed by atoms with Crippen molar-refractivity contribution in [2.45, 2.75) is 152 Å². The first kappa shape index (κ1) is 46.9. The number of carbonyl (C=O) groups excluding carboxylic acids is 4. The van der Waals surface area contributed by atoms with E-state index < -0.39 is 102 Å². The molecule has 3 aliphatic heterocycles. The standard InChI is InChI=1S/C49H59NO15/c1-8-49(58)22-35(40-29(42(49)48(57)59-7)19-30-41(45(40)56)44(55)39-28(43(30)54)15-12-16-33(39)52)63-37-20-31(50(5,6)23-27-13-10-9-11-14-27)46(25(3)61-37)65-38-21-34(53)47(26(4)62-38)64-36-18-17-32(51)24(2)60-36/h9-16,19,24-26,31,34-38,42,46-47,53,58H,8,17-18,20-23H2,1-7H3,(H-,52,55,56)/p+1/t24-,25-,26-,31-,34-,35-,36-,37-,38-,42-,46+,47+,49+/m0/s1. The molecule has 0 amide bonds. The minimum atomic E-state index is -1.78. The van der Waals surface area contributed by atoms with Gasteiger partial charge in [0.25, 0.3) is 0 Å². The van der Waals surface area contributed by atoms with Gasteiger partial charge in [-0.1, -0.05) is 49.4 Å². The van der Waals surface area contributed by atoms with Crippen LogP contribution in [0.3, 0.4) is 0 Å². The molecule has 3 fully saturated rings. The SMILES string of the molecule is CC[C@@]1(O)C[C@H](O[C@H]2C[C@H]([N+](C)(C)Cc3ccccc3)[C@H](O[C@H]3C[C@H](O)[C@H](O[C@H]4CCC(=O)[C@H](C)O4)[C@H](C)O3)[C@H](C)O2)c2c(cc3c(c2O)C(=O)c2c(O)cccc2C3=O)[C@H]1C(=O)OC. The van der Waals surface area contributed by atoms with Crippen molar-refractivity contribution in [3.05, 3.63) is 93.5 Å². The third kappa shape index (κ3) is 8.76. The number of rotatable bonds is 11. The highest BCUT2D eigenvalue weighted by Crippen LogP contribution is 2.54. The first-order valence-electron chi connectivity index (χ1n) is 22.5. The normalized spacial score (nSPS) is 33.8. The summed E-state index contributed by atoms with van der Waals surface area (Å²) in [7, 11) is 5.33. The van der Waals surface area contributed by atoms with Gasteiger partial charge in [-0.15, -0.1) is 0 Å². The third-order valence-corrected chi connectivity index (χ3v) is 14.1. The fraction of sp³-hybridized carbons (Fsp3) is 0.551. The zero-order chi connectivity index (χ0) is 46.7. The molecule has 16 nitrogen and oxygen atoms in total. The van der Waals surface area contributed by atoms with Crippen molar-refractivity contribution in [3.63, 3.8) is 0 Å². The minimum absolute atomic E-state index is 0.00360. The Kier molecular flexibility index (Phi) is 13.1. The number of fused-ring (bicyclic) bond motifs is 3. The van der Waals surface area contributed by atoms with E-state index in [1.54, 1.807) is 20.8 Å². The Morgan fingerprint density at radius 1 is 0.831 bits per heavy atom. The molecule has 8 rings (SSSR count). The van der Waals surface area contributed by atoms with Crippen LogP contribution in [-0.2, 0) is 49.3 Å². The maximum absolute atomic E-state index is 14.1. The second-order valence-electron chi connectivity index (χ2n) is 18.7. The lowest BCUT2D eigenvalue weighted by Gasteiger charge is -2.50. The van der Waals surface area contributed by atoms with Crippen LogP contribution in [-0.4, -0.2) is 137 Å². The summed E-state index contributed by atoms with van der Waals surface area (Å²) in [5, 5.41) is 46.7. The summed E-state index contributed by atoms with van der Waals surface area (Å²) >= 11 is 0. The van der Waals surface area contributed by atoms with Crippen LogP contribution in [0.1, 0.15) is 127 Å². The number of hydrogen-bond acceptors (Lipinski definition) is 15. The number of quaternary nitrogens is 1. The number of carbonyl (C=O) groups is 4. The van der Waals surface area contributed by atoms with Crippen LogP contribution in [0.4, 0.5) is 0 Å². The van der Waals surface area contributed by atoms with Crippen molar-refractivity contribution >= 4 is 23.3 Å². The third-order valence-electron chi connectivity index (χ3n) is 14.1. The number of aliphatic hydroxyl groups is 2. The van der Waals surface area contributed by atoms with Crippen LogP contribution in [0, 0.1) is 0 Å². The fourth-order valence-electron chi connectivity index (χ4n) is 10.6. The number of phenolic OH excluding ortho intramolecular Hbond substituents is 2. The molecule has 0 bridgehead atoms. The van der Waals surface area contributed by atoms with E-state index in [1.807, 2.05) is 37.3 Å². The van der Waals surface area contributed by atoms with Gasteiger partial charge in [0.1, 0.15) is 48.3 Å². The summed E-state index contributed by atoms with van der Waals surface area (Å²) in [6, 6.07) is 15.1. The molecule has 0 radical (unpaired) electrons. The Morgan fingerprint density at radius 3 is 2.17 bits per heavy atom. The first-order chi connectivity index (χ1) is 30.8. The van der Waals surface area contributed by atoms with Gasteiger partial charge in [0.05, 0.1) is 68.8 Å². The number of phenols is 2. The second-order valence-corrected chi connectivity index (χ2v) is 18.7. The molecule has 3 aromatic carbocycles. The average Bonchev–Trinajstić information content (AvgIpc) is 3.25. The van der Waals surface area contributed by atoms with E-state index >= 15 is 0 Å². The van der Waals surface area contributed by atoms with E-state index in [0.717, 1.165) is 5.56 Å². The number of aromatic hydroxyl groups is 2. The van der Waals surface area contributed by atoms with E-state index in [1.165, 1.54) is 31.4 Å². The maximum atomic E-state index is 14.1. The van der Waals surface area contributed by atoms with E-state index in [4.69, 9.17) is 33.2 Å². The zero-order valence-electron chi connectivity index (χ0n) is 37.8. The van der Waals surface area contributed by atoms with Gasteiger partial charge >= 0.3 is 5.97 Å². The van der Waals surface area contributed by atoms with Crippen LogP contribution in [0.5, 0.6) is 11.5 Å². The molecule has 5 aliphatic rings. The topological polar surface area (TPSA) is 214 Å². The van der Waals surface area contributed by atoms with E-state index in [9.17, 15) is 39.6 Å².